The Morgan fingerprint density at radius 1 is 1.06 bits per heavy atom. The van der Waals surface area contributed by atoms with Crippen LogP contribution < -0.4 is 16.0 Å². The molecule has 0 bridgehead atoms. The lowest BCUT2D eigenvalue weighted by Crippen LogP contribution is -2.39. The van der Waals surface area contributed by atoms with E-state index in [1.54, 1.807) is 0 Å². The predicted octanol–water partition coefficient (Wildman–Crippen LogP) is 4.56. The van der Waals surface area contributed by atoms with E-state index in [2.05, 4.69) is 63.2 Å². The largest absolute Gasteiger partial charge is 0.380 e. The Bertz CT molecular complexity index is 1250. The Kier molecular flexibility index (Phi) is 6.44. The van der Waals surface area contributed by atoms with E-state index in [9.17, 15) is 4.79 Å². The summed E-state index contributed by atoms with van der Waals surface area (Å²) in [5.41, 5.74) is 6.74. The average Bonchev–Trinajstić information content (AvgIpc) is 3.18. The summed E-state index contributed by atoms with van der Waals surface area (Å²) in [6.45, 7) is 7.97. The van der Waals surface area contributed by atoms with Crippen LogP contribution in [0.5, 0.6) is 0 Å². The summed E-state index contributed by atoms with van der Waals surface area (Å²) < 4.78 is 1.91. The predicted molar refractivity (Wildman–Crippen MR) is 146 cm³/mol. The van der Waals surface area contributed by atoms with Crippen LogP contribution in [0.4, 0.5) is 11.4 Å². The second kappa shape index (κ2) is 9.87. The fourth-order valence-electron chi connectivity index (χ4n) is 6.37. The molecule has 2 aromatic carbocycles. The molecule has 3 aliphatic heterocycles. The number of hydrogen-bond acceptors (Lipinski definition) is 5. The highest BCUT2D eigenvalue weighted by Gasteiger charge is 2.27. The van der Waals surface area contributed by atoms with Crippen molar-refractivity contribution in [1.82, 2.24) is 20.0 Å². The molecule has 190 valence electrons. The van der Waals surface area contributed by atoms with Crippen LogP contribution in [0.3, 0.4) is 0 Å². The molecule has 2 saturated heterocycles. The van der Waals surface area contributed by atoms with Crippen molar-refractivity contribution in [3.05, 3.63) is 42.1 Å². The van der Waals surface area contributed by atoms with Gasteiger partial charge in [0.1, 0.15) is 0 Å². The van der Waals surface area contributed by atoms with Crippen molar-refractivity contribution in [2.75, 3.05) is 43.4 Å². The van der Waals surface area contributed by atoms with Crippen LogP contribution in [0.1, 0.15) is 50.5 Å². The van der Waals surface area contributed by atoms with E-state index in [1.165, 1.54) is 56.4 Å². The number of aromatic nitrogens is 2. The molecule has 3 N–H and O–H groups in total. The highest BCUT2D eigenvalue weighted by atomic mass is 16.1. The van der Waals surface area contributed by atoms with Gasteiger partial charge in [-0.05, 0) is 106 Å². The number of benzene rings is 2. The first-order valence-electron chi connectivity index (χ1n) is 13.6. The Morgan fingerprint density at radius 2 is 1.86 bits per heavy atom. The molecule has 0 saturated carbocycles. The summed E-state index contributed by atoms with van der Waals surface area (Å²) in [6.07, 6.45) is 7.35. The Balaban J connectivity index is 1.30. The number of hydrogen-bond donors (Lipinski definition) is 3. The minimum absolute atomic E-state index is 0.0798. The smallest absolute Gasteiger partial charge is 0.226 e. The fourth-order valence-corrected chi connectivity index (χ4v) is 6.37. The summed E-state index contributed by atoms with van der Waals surface area (Å²) in [5.74, 6) is 1.43. The van der Waals surface area contributed by atoms with Crippen LogP contribution in [-0.2, 0) is 11.8 Å². The maximum absolute atomic E-state index is 12.6. The molecule has 6 rings (SSSR count). The van der Waals surface area contributed by atoms with Gasteiger partial charge in [0, 0.05) is 37.0 Å². The van der Waals surface area contributed by atoms with Crippen LogP contribution >= 0.6 is 0 Å². The summed E-state index contributed by atoms with van der Waals surface area (Å²) in [7, 11) is 1.98. The first kappa shape index (κ1) is 23.5. The lowest BCUT2D eigenvalue weighted by atomic mass is 9.86. The Hall–Kier alpha value is -2.90. The molecular weight excluding hydrogens is 448 g/mol. The lowest BCUT2D eigenvalue weighted by Gasteiger charge is -2.36. The number of nitrogens with one attached hydrogen (secondary N) is 3. The number of anilines is 2. The van der Waals surface area contributed by atoms with Gasteiger partial charge in [0.25, 0.3) is 0 Å². The number of carbonyl (C=O) groups excluding carboxylic acids is 1. The van der Waals surface area contributed by atoms with Gasteiger partial charge >= 0.3 is 0 Å². The fraction of sp³-hybridized carbons (Fsp3) is 0.517. The van der Waals surface area contributed by atoms with Crippen molar-refractivity contribution in [2.45, 2.75) is 51.0 Å². The molecule has 0 unspecified atom stereocenters. The van der Waals surface area contributed by atoms with Crippen LogP contribution in [0, 0.1) is 5.92 Å². The van der Waals surface area contributed by atoms with E-state index in [0.29, 0.717) is 12.3 Å². The van der Waals surface area contributed by atoms with Crippen molar-refractivity contribution in [1.29, 1.82) is 0 Å². The molecule has 7 nitrogen and oxygen atoms in total. The second-order valence-electron chi connectivity index (χ2n) is 11.1. The third kappa shape index (κ3) is 4.74. The molecule has 7 heteroatoms. The van der Waals surface area contributed by atoms with E-state index >= 15 is 0 Å². The molecule has 4 heterocycles. The number of rotatable bonds is 4. The summed E-state index contributed by atoms with van der Waals surface area (Å²) in [5, 5.41) is 15.9. The lowest BCUT2D eigenvalue weighted by molar-refractivity contribution is -0.116. The van der Waals surface area contributed by atoms with Gasteiger partial charge in [0.05, 0.1) is 23.1 Å². The van der Waals surface area contributed by atoms with Crippen LogP contribution in [0.15, 0.2) is 36.5 Å². The number of carbonyl (C=O) groups is 1. The number of aryl methyl sites for hydroxylation is 1. The molecule has 36 heavy (non-hydrogen) atoms. The number of nitrogens with zero attached hydrogens (tertiary/aromatic N) is 3. The van der Waals surface area contributed by atoms with E-state index < -0.39 is 0 Å². The molecule has 1 amide bonds. The van der Waals surface area contributed by atoms with Crippen molar-refractivity contribution >= 4 is 28.2 Å². The van der Waals surface area contributed by atoms with Gasteiger partial charge in [-0.25, -0.2) is 0 Å². The molecule has 3 aromatic rings. The van der Waals surface area contributed by atoms with Crippen LogP contribution in [-0.4, -0.2) is 59.4 Å². The monoisotopic (exact) mass is 486 g/mol. The second-order valence-corrected chi connectivity index (χ2v) is 11.1. The highest BCUT2D eigenvalue weighted by Crippen LogP contribution is 2.42. The normalized spacial score (nSPS) is 22.2. The minimum Gasteiger partial charge on any atom is -0.380 e. The number of amides is 1. The minimum atomic E-state index is 0.0798. The van der Waals surface area contributed by atoms with Gasteiger partial charge in [-0.2, -0.15) is 5.10 Å². The standard InChI is InChI=1S/C29H38N6O/c1-19-13-28(36)33-26-16-23(21-7-11-35(12-8-21)18-20-5-9-30-10-6-20)15-25(29(26)32-19)22-3-4-27-24(14-22)17-31-34(27)2/h3-4,14-17,19-21,30,32H,5-13,18H2,1-2H3,(H,33,36)/t19-/m1/s1. The van der Waals surface area contributed by atoms with E-state index in [-0.39, 0.29) is 11.9 Å². The van der Waals surface area contributed by atoms with E-state index in [4.69, 9.17) is 0 Å². The molecular formula is C29H38N6O. The number of fused-ring (bicyclic) bond motifs is 2. The molecule has 0 radical (unpaired) electrons. The maximum atomic E-state index is 12.6. The van der Waals surface area contributed by atoms with Crippen molar-refractivity contribution < 1.29 is 4.79 Å². The van der Waals surface area contributed by atoms with E-state index in [1.807, 2.05) is 17.9 Å². The topological polar surface area (TPSA) is 74.2 Å². The number of piperidine rings is 2. The first-order chi connectivity index (χ1) is 17.5. The number of likely N-dealkylation sites (tertiary alicyclic amines) is 1. The van der Waals surface area contributed by atoms with Gasteiger partial charge in [-0.3, -0.25) is 9.48 Å². The van der Waals surface area contributed by atoms with Gasteiger partial charge < -0.3 is 20.9 Å². The summed E-state index contributed by atoms with van der Waals surface area (Å²) in [6, 6.07) is 11.2. The molecule has 3 aliphatic rings. The maximum Gasteiger partial charge on any atom is 0.226 e. The SMILES string of the molecule is C[C@@H]1CC(=O)Nc2cc(C3CCN(CC4CCNCC4)CC3)cc(-c3ccc4c(cnn4C)c3)c2N1. The Labute approximate surface area is 213 Å². The van der Waals surface area contributed by atoms with Crippen molar-refractivity contribution in [2.24, 2.45) is 13.0 Å². The quantitative estimate of drug-likeness (QED) is 0.504. The van der Waals surface area contributed by atoms with Crippen LogP contribution in [0.25, 0.3) is 22.0 Å². The van der Waals surface area contributed by atoms with Gasteiger partial charge in [-0.1, -0.05) is 6.07 Å². The van der Waals surface area contributed by atoms with Gasteiger partial charge in [0.2, 0.25) is 5.91 Å². The zero-order valence-electron chi connectivity index (χ0n) is 21.5. The van der Waals surface area contributed by atoms with Gasteiger partial charge in [0.15, 0.2) is 0 Å². The molecule has 1 aromatic heterocycles. The average molecular weight is 487 g/mol. The Morgan fingerprint density at radius 3 is 2.67 bits per heavy atom. The molecule has 1 atom stereocenters. The first-order valence-corrected chi connectivity index (χ1v) is 13.6. The van der Waals surface area contributed by atoms with Crippen molar-refractivity contribution in [3.8, 4) is 11.1 Å². The zero-order chi connectivity index (χ0) is 24.6. The zero-order valence-corrected chi connectivity index (χ0v) is 21.5. The third-order valence-corrected chi connectivity index (χ3v) is 8.41. The third-order valence-electron chi connectivity index (χ3n) is 8.41. The summed E-state index contributed by atoms with van der Waals surface area (Å²) in [4.78, 5) is 15.3. The van der Waals surface area contributed by atoms with E-state index in [0.717, 1.165) is 46.8 Å². The molecule has 2 fully saturated rings. The van der Waals surface area contributed by atoms with Gasteiger partial charge in [-0.15, -0.1) is 0 Å². The van der Waals surface area contributed by atoms with Crippen molar-refractivity contribution in [3.63, 3.8) is 0 Å². The van der Waals surface area contributed by atoms with Crippen LogP contribution in [0.2, 0.25) is 0 Å². The molecule has 0 aliphatic carbocycles. The highest BCUT2D eigenvalue weighted by molar-refractivity contribution is 6.01. The molecule has 0 spiro atoms. The summed E-state index contributed by atoms with van der Waals surface area (Å²) >= 11 is 0.